The Balaban J connectivity index is 0.00000160. The third kappa shape index (κ3) is 5.35. The van der Waals surface area contributed by atoms with Gasteiger partial charge >= 0.3 is 0 Å². The van der Waals surface area contributed by atoms with E-state index in [-0.39, 0.29) is 42.6 Å². The zero-order valence-corrected chi connectivity index (χ0v) is 19.4. The van der Waals surface area contributed by atoms with Crippen molar-refractivity contribution in [1.82, 2.24) is 15.2 Å². The zero-order chi connectivity index (χ0) is 19.7. The van der Waals surface area contributed by atoms with Gasteiger partial charge in [-0.3, -0.25) is 9.88 Å². The number of nitrogens with one attached hydrogen (secondary N) is 1. The van der Waals surface area contributed by atoms with Gasteiger partial charge < -0.3 is 15.0 Å². The van der Waals surface area contributed by atoms with Crippen molar-refractivity contribution in [1.29, 1.82) is 5.26 Å². The van der Waals surface area contributed by atoms with E-state index < -0.39 is 0 Å². The molecule has 0 aliphatic carbocycles. The number of piperazine rings is 1. The van der Waals surface area contributed by atoms with Crippen molar-refractivity contribution in [2.45, 2.75) is 38.5 Å². The van der Waals surface area contributed by atoms with Crippen LogP contribution >= 0.6 is 24.8 Å². The van der Waals surface area contributed by atoms with E-state index in [2.05, 4.69) is 59.1 Å². The summed E-state index contributed by atoms with van der Waals surface area (Å²) >= 11 is 0. The van der Waals surface area contributed by atoms with Gasteiger partial charge in [0.15, 0.2) is 0 Å². The number of nitriles is 1. The summed E-state index contributed by atoms with van der Waals surface area (Å²) in [5.74, 6) is 0. The minimum absolute atomic E-state index is 0. The van der Waals surface area contributed by atoms with Crippen LogP contribution in [0.5, 0.6) is 0 Å². The van der Waals surface area contributed by atoms with E-state index in [1.54, 1.807) is 6.20 Å². The maximum Gasteiger partial charge on any atom is 0.101 e. The molecule has 1 aromatic carbocycles. The predicted molar refractivity (Wildman–Crippen MR) is 126 cm³/mol. The van der Waals surface area contributed by atoms with Crippen molar-refractivity contribution in [2.24, 2.45) is 0 Å². The van der Waals surface area contributed by atoms with E-state index in [9.17, 15) is 5.26 Å². The van der Waals surface area contributed by atoms with Crippen LogP contribution in [0.25, 0.3) is 10.9 Å². The molecule has 6 nitrogen and oxygen atoms in total. The van der Waals surface area contributed by atoms with Gasteiger partial charge in [0.25, 0.3) is 0 Å². The van der Waals surface area contributed by atoms with E-state index >= 15 is 0 Å². The third-order valence-corrected chi connectivity index (χ3v) is 5.65. The quantitative estimate of drug-likeness (QED) is 0.772. The first-order valence-corrected chi connectivity index (χ1v) is 10.1. The Kier molecular flexibility index (Phi) is 8.32. The molecule has 2 aromatic rings. The fourth-order valence-electron chi connectivity index (χ4n) is 4.56. The molecule has 30 heavy (non-hydrogen) atoms. The van der Waals surface area contributed by atoms with Crippen molar-refractivity contribution in [3.05, 3.63) is 36.0 Å². The van der Waals surface area contributed by atoms with Crippen molar-refractivity contribution in [2.75, 3.05) is 44.2 Å². The second kappa shape index (κ2) is 10.1. The van der Waals surface area contributed by atoms with Crippen LogP contribution in [-0.2, 0) is 4.74 Å². The summed E-state index contributed by atoms with van der Waals surface area (Å²) in [4.78, 5) is 9.37. The number of hydrogen-bond acceptors (Lipinski definition) is 6. The first-order valence-electron chi connectivity index (χ1n) is 10.1. The average molecular weight is 452 g/mol. The number of aromatic nitrogens is 1. The maximum absolute atomic E-state index is 9.41. The Morgan fingerprint density at radius 2 is 2.07 bits per heavy atom. The van der Waals surface area contributed by atoms with Crippen LogP contribution in [0.1, 0.15) is 26.3 Å². The molecule has 3 heterocycles. The molecule has 0 saturated carbocycles. The van der Waals surface area contributed by atoms with Gasteiger partial charge in [-0.15, -0.1) is 24.8 Å². The van der Waals surface area contributed by atoms with E-state index in [1.807, 2.05) is 12.1 Å². The number of nitrogens with zero attached hydrogens (tertiary/aromatic N) is 4. The fourth-order valence-corrected chi connectivity index (χ4v) is 4.56. The third-order valence-electron chi connectivity index (χ3n) is 5.65. The number of fused-ring (bicyclic) bond motifs is 1. The summed E-state index contributed by atoms with van der Waals surface area (Å²) in [6.07, 6.45) is 2.08. The van der Waals surface area contributed by atoms with Gasteiger partial charge in [-0.1, -0.05) is 0 Å². The molecule has 8 heteroatoms. The summed E-state index contributed by atoms with van der Waals surface area (Å²) in [7, 11) is 0. The lowest BCUT2D eigenvalue weighted by molar-refractivity contribution is -0.0378. The number of halogens is 2. The van der Waals surface area contributed by atoms with Crippen LogP contribution < -0.4 is 10.2 Å². The molecule has 0 spiro atoms. The van der Waals surface area contributed by atoms with Gasteiger partial charge in [0, 0.05) is 62.1 Å². The average Bonchev–Trinajstić information content (AvgIpc) is 2.66. The molecule has 1 N–H and O–H groups in total. The highest BCUT2D eigenvalue weighted by Crippen LogP contribution is 2.30. The molecule has 2 saturated heterocycles. The summed E-state index contributed by atoms with van der Waals surface area (Å²) in [5, 5.41) is 14.0. The van der Waals surface area contributed by atoms with Crippen molar-refractivity contribution < 1.29 is 4.74 Å². The second-order valence-electron chi connectivity index (χ2n) is 8.66. The van der Waals surface area contributed by atoms with Gasteiger partial charge in [0.05, 0.1) is 23.3 Å². The normalized spacial score (nSPS) is 23.9. The molecule has 164 valence electrons. The van der Waals surface area contributed by atoms with Crippen LogP contribution in [0.3, 0.4) is 0 Å². The fraction of sp³-hybridized carbons (Fsp3) is 0.545. The molecule has 2 fully saturated rings. The van der Waals surface area contributed by atoms with Gasteiger partial charge in [-0.25, -0.2) is 0 Å². The van der Waals surface area contributed by atoms with Gasteiger partial charge in [-0.05, 0) is 45.0 Å². The van der Waals surface area contributed by atoms with Crippen molar-refractivity contribution in [3.63, 3.8) is 0 Å². The molecule has 0 bridgehead atoms. The van der Waals surface area contributed by atoms with Crippen molar-refractivity contribution >= 4 is 41.4 Å². The van der Waals surface area contributed by atoms with Gasteiger partial charge in [-0.2, -0.15) is 5.26 Å². The van der Waals surface area contributed by atoms with E-state index in [1.165, 1.54) is 0 Å². The molecule has 2 aliphatic rings. The van der Waals surface area contributed by atoms with Crippen molar-refractivity contribution in [3.8, 4) is 6.07 Å². The topological polar surface area (TPSA) is 64.4 Å². The first-order chi connectivity index (χ1) is 13.4. The standard InChI is InChI=1S/C22H29N5O.2ClH/c1-16-12-27(14-18(28-16)13-26-10-9-25-22(2,3)15-26)20-7-6-17(11-23)21-19(20)5-4-8-24-21;;/h4-8,16,18,25H,9-10,12-15H2,1-3H3;2*1H/t16-,18+;;/m1../s1. The maximum atomic E-state index is 9.41. The highest BCUT2D eigenvalue weighted by molar-refractivity contribution is 5.95. The Labute approximate surface area is 191 Å². The minimum atomic E-state index is 0. The van der Waals surface area contributed by atoms with Crippen LogP contribution in [0.4, 0.5) is 5.69 Å². The number of pyridine rings is 1. The molecule has 2 aliphatic heterocycles. The lowest BCUT2D eigenvalue weighted by Gasteiger charge is -2.44. The molecule has 0 amide bonds. The lowest BCUT2D eigenvalue weighted by Crippen LogP contribution is -2.60. The van der Waals surface area contributed by atoms with E-state index in [0.29, 0.717) is 5.56 Å². The summed E-state index contributed by atoms with van der Waals surface area (Å²) in [5.41, 5.74) is 2.69. The molecule has 0 unspecified atom stereocenters. The number of anilines is 1. The van der Waals surface area contributed by atoms with Crippen LogP contribution in [0.15, 0.2) is 30.5 Å². The summed E-state index contributed by atoms with van der Waals surface area (Å²) in [6.45, 7) is 12.4. The number of benzene rings is 1. The molecular weight excluding hydrogens is 421 g/mol. The molecule has 1 aromatic heterocycles. The van der Waals surface area contributed by atoms with Gasteiger partial charge in [0.1, 0.15) is 6.07 Å². The highest BCUT2D eigenvalue weighted by atomic mass is 35.5. The Morgan fingerprint density at radius 1 is 1.27 bits per heavy atom. The van der Waals surface area contributed by atoms with Gasteiger partial charge in [0.2, 0.25) is 0 Å². The Morgan fingerprint density at radius 3 is 2.80 bits per heavy atom. The number of hydrogen-bond donors (Lipinski definition) is 1. The number of morpholine rings is 1. The predicted octanol–water partition coefficient (Wildman–Crippen LogP) is 3.23. The first kappa shape index (κ1) is 24.6. The Hall–Kier alpha value is -1.62. The summed E-state index contributed by atoms with van der Waals surface area (Å²) in [6, 6.07) is 10.2. The van der Waals surface area contributed by atoms with Crippen LogP contribution in [-0.4, -0.2) is 66.9 Å². The monoisotopic (exact) mass is 451 g/mol. The smallest absolute Gasteiger partial charge is 0.101 e. The van der Waals surface area contributed by atoms with E-state index in [4.69, 9.17) is 4.74 Å². The molecular formula is C22H31Cl2N5O. The minimum Gasteiger partial charge on any atom is -0.370 e. The second-order valence-corrected chi connectivity index (χ2v) is 8.66. The largest absolute Gasteiger partial charge is 0.370 e. The molecule has 4 rings (SSSR count). The highest BCUT2D eigenvalue weighted by Gasteiger charge is 2.31. The SMILES string of the molecule is C[C@@H]1CN(c2ccc(C#N)c3ncccc23)C[C@H](CN2CCNC(C)(C)C2)O1.Cl.Cl. The zero-order valence-electron chi connectivity index (χ0n) is 17.8. The number of rotatable bonds is 3. The number of ether oxygens (including phenoxy) is 1. The van der Waals surface area contributed by atoms with E-state index in [0.717, 1.165) is 55.9 Å². The summed E-state index contributed by atoms with van der Waals surface area (Å²) < 4.78 is 6.29. The molecule has 0 radical (unpaired) electrons. The van der Waals surface area contributed by atoms with Crippen LogP contribution in [0.2, 0.25) is 0 Å². The molecule has 2 atom stereocenters. The Bertz CT molecular complexity index is 901. The lowest BCUT2D eigenvalue weighted by atomic mass is 10.0. The van der Waals surface area contributed by atoms with Crippen LogP contribution in [0, 0.1) is 11.3 Å².